The van der Waals surface area contributed by atoms with Gasteiger partial charge in [0.2, 0.25) is 11.8 Å². The van der Waals surface area contributed by atoms with Crippen molar-refractivity contribution in [1.29, 1.82) is 0 Å². The zero-order valence-corrected chi connectivity index (χ0v) is 21.8. The maximum Gasteiger partial charge on any atom is 0.387 e. The van der Waals surface area contributed by atoms with Gasteiger partial charge in [0.25, 0.3) is 5.91 Å². The number of rotatable bonds is 10. The Kier molecular flexibility index (Phi) is 7.94. The Labute approximate surface area is 225 Å². The maximum absolute atomic E-state index is 13.2. The molecule has 2 aliphatic heterocycles. The number of carbonyl (C=O) groups is 3. The Morgan fingerprint density at radius 2 is 1.92 bits per heavy atom. The molecule has 3 heterocycles. The molecule has 3 aliphatic rings. The van der Waals surface area contributed by atoms with Crippen molar-refractivity contribution in [3.05, 3.63) is 53.3 Å². The van der Waals surface area contributed by atoms with Gasteiger partial charge in [-0.3, -0.25) is 14.4 Å². The predicted molar refractivity (Wildman–Crippen MR) is 136 cm³/mol. The van der Waals surface area contributed by atoms with E-state index in [9.17, 15) is 23.2 Å². The third-order valence-corrected chi connectivity index (χ3v) is 7.45. The molecule has 0 radical (unpaired) electrons. The van der Waals surface area contributed by atoms with Crippen LogP contribution in [0.5, 0.6) is 11.5 Å². The minimum Gasteiger partial charge on any atom is -0.489 e. The number of pyridine rings is 1. The fourth-order valence-corrected chi connectivity index (χ4v) is 4.92. The molecular weight excluding hydrogens is 510 g/mol. The van der Waals surface area contributed by atoms with Crippen molar-refractivity contribution < 1.29 is 32.6 Å². The molecule has 5 rings (SSSR count). The van der Waals surface area contributed by atoms with Crippen molar-refractivity contribution in [2.24, 2.45) is 5.92 Å². The van der Waals surface area contributed by atoms with Gasteiger partial charge >= 0.3 is 6.61 Å². The van der Waals surface area contributed by atoms with Crippen molar-refractivity contribution in [3.63, 3.8) is 0 Å². The topological polar surface area (TPSA) is 101 Å². The van der Waals surface area contributed by atoms with Crippen molar-refractivity contribution in [3.8, 4) is 11.5 Å². The van der Waals surface area contributed by atoms with E-state index in [-0.39, 0.29) is 41.7 Å². The van der Waals surface area contributed by atoms with E-state index in [1.165, 1.54) is 17.9 Å². The molecule has 3 fully saturated rings. The molecule has 39 heavy (non-hydrogen) atoms. The first-order chi connectivity index (χ1) is 18.8. The Balaban J connectivity index is 1.25. The summed E-state index contributed by atoms with van der Waals surface area (Å²) in [6.45, 7) is 0.739. The van der Waals surface area contributed by atoms with Gasteiger partial charge in [-0.1, -0.05) is 12.1 Å². The van der Waals surface area contributed by atoms with Gasteiger partial charge in [0.15, 0.2) is 11.5 Å². The lowest BCUT2D eigenvalue weighted by Crippen LogP contribution is -2.45. The second-order valence-electron chi connectivity index (χ2n) is 10.3. The normalized spacial score (nSPS) is 20.5. The number of alkyl halides is 2. The molecule has 9 nitrogen and oxygen atoms in total. The summed E-state index contributed by atoms with van der Waals surface area (Å²) in [5.41, 5.74) is 1.67. The van der Waals surface area contributed by atoms with Gasteiger partial charge in [0.1, 0.15) is 11.7 Å². The van der Waals surface area contributed by atoms with Crippen LogP contribution in [0.4, 0.5) is 8.78 Å². The molecule has 1 saturated carbocycles. The highest BCUT2D eigenvalue weighted by Crippen LogP contribution is 2.39. The van der Waals surface area contributed by atoms with Gasteiger partial charge in [-0.25, -0.2) is 4.98 Å². The number of ether oxygens (including phenoxy) is 2. The lowest BCUT2D eigenvalue weighted by atomic mass is 9.95. The second-order valence-corrected chi connectivity index (χ2v) is 10.3. The molecule has 1 N–H and O–H groups in total. The first-order valence-corrected chi connectivity index (χ1v) is 13.3. The van der Waals surface area contributed by atoms with Crippen LogP contribution in [0.2, 0.25) is 0 Å². The number of nitrogens with one attached hydrogen (secondary N) is 1. The molecule has 1 aliphatic carbocycles. The van der Waals surface area contributed by atoms with Crippen LogP contribution in [0.1, 0.15) is 60.3 Å². The van der Waals surface area contributed by atoms with E-state index in [4.69, 9.17) is 4.74 Å². The van der Waals surface area contributed by atoms with Crippen LogP contribution >= 0.6 is 0 Å². The SMILES string of the molecule is CC(=O)N1CC(c2ccc(OC(F)F)c(OCC3CC3)c2)CC1C(=O)NCc1cccc(C(=O)N2CCC2)n1. The summed E-state index contributed by atoms with van der Waals surface area (Å²) in [6.07, 6.45) is 3.45. The molecule has 3 amide bonds. The number of halogens is 2. The van der Waals surface area contributed by atoms with Crippen molar-refractivity contribution in [2.75, 3.05) is 26.2 Å². The van der Waals surface area contributed by atoms with Crippen LogP contribution in [-0.2, 0) is 16.1 Å². The van der Waals surface area contributed by atoms with Crippen molar-refractivity contribution >= 4 is 17.7 Å². The number of nitrogens with zero attached hydrogens (tertiary/aromatic N) is 3. The van der Waals surface area contributed by atoms with E-state index in [1.54, 1.807) is 35.2 Å². The summed E-state index contributed by atoms with van der Waals surface area (Å²) in [5.74, 6) is -0.249. The summed E-state index contributed by atoms with van der Waals surface area (Å²) in [5, 5.41) is 2.85. The average Bonchev–Trinajstić information content (AvgIpc) is 3.60. The first kappa shape index (κ1) is 26.8. The number of aromatic nitrogens is 1. The van der Waals surface area contributed by atoms with Crippen molar-refractivity contribution in [1.82, 2.24) is 20.1 Å². The molecule has 2 atom stereocenters. The highest BCUT2D eigenvalue weighted by atomic mass is 19.3. The molecule has 2 unspecified atom stereocenters. The number of likely N-dealkylation sites (tertiary alicyclic amines) is 2. The van der Waals surface area contributed by atoms with Crippen molar-refractivity contribution in [2.45, 2.75) is 57.7 Å². The largest absolute Gasteiger partial charge is 0.489 e. The maximum atomic E-state index is 13.2. The average molecular weight is 543 g/mol. The molecule has 1 aromatic carbocycles. The smallest absolute Gasteiger partial charge is 0.387 e. The zero-order chi connectivity index (χ0) is 27.5. The summed E-state index contributed by atoms with van der Waals surface area (Å²) >= 11 is 0. The Bertz CT molecular complexity index is 1230. The molecule has 0 bridgehead atoms. The lowest BCUT2D eigenvalue weighted by molar-refractivity contribution is -0.136. The van der Waals surface area contributed by atoms with Crippen LogP contribution in [-0.4, -0.2) is 71.4 Å². The second kappa shape index (κ2) is 11.5. The third kappa shape index (κ3) is 6.46. The molecule has 208 valence electrons. The number of amides is 3. The molecule has 0 spiro atoms. The van der Waals surface area contributed by atoms with Gasteiger partial charge < -0.3 is 24.6 Å². The van der Waals surface area contributed by atoms with Gasteiger partial charge in [0.05, 0.1) is 18.8 Å². The van der Waals surface area contributed by atoms with Crippen LogP contribution in [0.3, 0.4) is 0 Å². The van der Waals surface area contributed by atoms with Crippen LogP contribution in [0, 0.1) is 5.92 Å². The van der Waals surface area contributed by atoms with E-state index < -0.39 is 12.7 Å². The van der Waals surface area contributed by atoms with E-state index in [2.05, 4.69) is 15.0 Å². The molecule has 2 saturated heterocycles. The Hall–Kier alpha value is -3.76. The quantitative estimate of drug-likeness (QED) is 0.494. The summed E-state index contributed by atoms with van der Waals surface area (Å²) in [4.78, 5) is 45.7. The Morgan fingerprint density at radius 1 is 1.13 bits per heavy atom. The van der Waals surface area contributed by atoms with Crippen LogP contribution < -0.4 is 14.8 Å². The highest BCUT2D eigenvalue weighted by Gasteiger charge is 2.39. The first-order valence-electron chi connectivity index (χ1n) is 13.3. The minimum absolute atomic E-state index is 0.0348. The molecule has 2 aromatic rings. The van der Waals surface area contributed by atoms with Gasteiger partial charge in [-0.05, 0) is 61.4 Å². The fraction of sp³-hybridized carbons (Fsp3) is 0.500. The number of carbonyl (C=O) groups excluding carboxylic acids is 3. The third-order valence-electron chi connectivity index (χ3n) is 7.45. The van der Waals surface area contributed by atoms with E-state index in [0.29, 0.717) is 36.9 Å². The van der Waals surface area contributed by atoms with Gasteiger partial charge in [0, 0.05) is 32.5 Å². The van der Waals surface area contributed by atoms with Gasteiger partial charge in [-0.15, -0.1) is 0 Å². The molecule has 1 aromatic heterocycles. The summed E-state index contributed by atoms with van der Waals surface area (Å²) in [6, 6.07) is 9.23. The van der Waals surface area contributed by atoms with E-state index in [0.717, 1.165) is 37.9 Å². The highest BCUT2D eigenvalue weighted by molar-refractivity contribution is 5.92. The van der Waals surface area contributed by atoms with Crippen LogP contribution in [0.15, 0.2) is 36.4 Å². The number of hydrogen-bond acceptors (Lipinski definition) is 6. The van der Waals surface area contributed by atoms with E-state index >= 15 is 0 Å². The summed E-state index contributed by atoms with van der Waals surface area (Å²) < 4.78 is 36.3. The predicted octanol–water partition coefficient (Wildman–Crippen LogP) is 3.34. The molecular formula is C28H32F2N4O5. The number of hydrogen-bond donors (Lipinski definition) is 1. The Morgan fingerprint density at radius 3 is 2.59 bits per heavy atom. The monoisotopic (exact) mass is 542 g/mol. The number of benzene rings is 1. The van der Waals surface area contributed by atoms with Gasteiger partial charge in [-0.2, -0.15) is 8.78 Å². The zero-order valence-electron chi connectivity index (χ0n) is 21.8. The minimum atomic E-state index is -2.98. The molecule has 11 heteroatoms. The van der Waals surface area contributed by atoms with E-state index in [1.807, 2.05) is 0 Å². The standard InChI is InChI=1S/C28H32F2N4O5/c1-17(35)34-15-20(19-8-9-24(39-28(29)30)25(13-19)38-16-18-6-7-18)12-23(34)26(36)31-14-21-4-2-5-22(32-21)27(37)33-10-3-11-33/h2,4-5,8-9,13,18,20,23,28H,3,6-7,10-12,14-16H2,1H3,(H,31,36). The fourth-order valence-electron chi connectivity index (χ4n) is 4.92. The summed E-state index contributed by atoms with van der Waals surface area (Å²) in [7, 11) is 0. The van der Waals surface area contributed by atoms with Crippen LogP contribution in [0.25, 0.3) is 0 Å². The lowest BCUT2D eigenvalue weighted by Gasteiger charge is -2.30.